The van der Waals surface area contributed by atoms with Gasteiger partial charge in [0.2, 0.25) is 5.88 Å². The van der Waals surface area contributed by atoms with Gasteiger partial charge in [0.15, 0.2) is 0 Å². The lowest BCUT2D eigenvalue weighted by molar-refractivity contribution is 0.171. The second-order valence-electron chi connectivity index (χ2n) is 7.82. The molecule has 3 aromatic rings. The van der Waals surface area contributed by atoms with Crippen molar-refractivity contribution in [2.45, 2.75) is 38.8 Å². The molecule has 1 aliphatic heterocycles. The van der Waals surface area contributed by atoms with Crippen LogP contribution in [0.3, 0.4) is 0 Å². The Hall–Kier alpha value is -2.93. The summed E-state index contributed by atoms with van der Waals surface area (Å²) in [6.45, 7) is 4.24. The Morgan fingerprint density at radius 3 is 2.93 bits per heavy atom. The molecule has 1 saturated carbocycles. The molecule has 0 spiro atoms. The van der Waals surface area contributed by atoms with Gasteiger partial charge in [-0.25, -0.2) is 14.8 Å². The van der Waals surface area contributed by atoms with Crippen LogP contribution in [0.5, 0.6) is 11.6 Å². The molecule has 1 fully saturated rings. The number of aromatic nitrogens is 3. The van der Waals surface area contributed by atoms with Crippen LogP contribution >= 0.6 is 0 Å². The van der Waals surface area contributed by atoms with Crippen molar-refractivity contribution in [1.29, 1.82) is 0 Å². The van der Waals surface area contributed by atoms with Crippen molar-refractivity contribution in [1.82, 2.24) is 19.4 Å². The van der Waals surface area contributed by atoms with Crippen LogP contribution in [0, 0.1) is 5.92 Å². The lowest BCUT2D eigenvalue weighted by Gasteiger charge is -2.34. The van der Waals surface area contributed by atoms with Crippen LogP contribution in [0.1, 0.15) is 31.0 Å². The van der Waals surface area contributed by atoms with Gasteiger partial charge in [-0.2, -0.15) is 0 Å². The van der Waals surface area contributed by atoms with E-state index in [0.29, 0.717) is 23.2 Å². The molecule has 2 aliphatic rings. The minimum absolute atomic E-state index is 0.438. The van der Waals surface area contributed by atoms with Gasteiger partial charge in [-0.05, 0) is 56.4 Å². The van der Waals surface area contributed by atoms with Crippen molar-refractivity contribution < 1.29 is 14.6 Å². The molecule has 1 atom stereocenters. The molecule has 5 rings (SSSR count). The quantitative estimate of drug-likeness (QED) is 0.741. The first-order chi connectivity index (χ1) is 13.6. The molecule has 1 N–H and O–H groups in total. The normalized spacial score (nSPS) is 19.5. The molecular weight excluding hydrogens is 356 g/mol. The zero-order valence-corrected chi connectivity index (χ0v) is 15.7. The number of hydrogen-bond donors (Lipinski definition) is 1. The maximum Gasteiger partial charge on any atom is 0.415 e. The number of hydrogen-bond acceptors (Lipinski definition) is 5. The predicted molar refractivity (Wildman–Crippen MR) is 104 cm³/mol. The summed E-state index contributed by atoms with van der Waals surface area (Å²) in [5.74, 6) is 2.09. The van der Waals surface area contributed by atoms with Crippen molar-refractivity contribution in [2.75, 3.05) is 6.54 Å². The number of benzene rings is 1. The largest absolute Gasteiger partial charge is 0.464 e. The smallest absolute Gasteiger partial charge is 0.415 e. The minimum atomic E-state index is -1.00. The molecule has 0 radical (unpaired) electrons. The molecule has 144 valence electrons. The number of carboxylic acid groups (broad SMARTS) is 1. The second-order valence-corrected chi connectivity index (χ2v) is 7.82. The van der Waals surface area contributed by atoms with Crippen LogP contribution < -0.4 is 4.74 Å². The lowest BCUT2D eigenvalue weighted by Crippen LogP contribution is -2.40. The van der Waals surface area contributed by atoms with Crippen molar-refractivity contribution >= 4 is 17.0 Å². The summed E-state index contributed by atoms with van der Waals surface area (Å²) in [5, 5.41) is 10.0. The van der Waals surface area contributed by atoms with Crippen molar-refractivity contribution in [3.05, 3.63) is 48.0 Å². The summed E-state index contributed by atoms with van der Waals surface area (Å²) in [5.41, 5.74) is 2.75. The monoisotopic (exact) mass is 378 g/mol. The summed E-state index contributed by atoms with van der Waals surface area (Å²) in [6, 6.07) is 7.58. The summed E-state index contributed by atoms with van der Waals surface area (Å²) in [7, 11) is 0. The maximum atomic E-state index is 11.3. The van der Waals surface area contributed by atoms with Crippen molar-refractivity contribution in [3.63, 3.8) is 0 Å². The van der Waals surface area contributed by atoms with Crippen molar-refractivity contribution in [3.8, 4) is 11.6 Å². The van der Waals surface area contributed by atoms with E-state index in [-0.39, 0.29) is 0 Å². The van der Waals surface area contributed by atoms with Gasteiger partial charge in [-0.1, -0.05) is 0 Å². The molecule has 0 amide bonds. The van der Waals surface area contributed by atoms with E-state index >= 15 is 0 Å². The molecule has 7 nitrogen and oxygen atoms in total. The first-order valence-corrected chi connectivity index (χ1v) is 9.67. The molecule has 0 saturated heterocycles. The predicted octanol–water partition coefficient (Wildman–Crippen LogP) is 3.91. The Bertz CT molecular complexity index is 1060. The zero-order chi connectivity index (χ0) is 19.3. The van der Waals surface area contributed by atoms with Crippen LogP contribution in [-0.4, -0.2) is 43.2 Å². The van der Waals surface area contributed by atoms with E-state index in [0.717, 1.165) is 42.1 Å². The number of fused-ring (bicyclic) bond motifs is 2. The SMILES string of the molecule is C[C@H]1Cc2c(ncnc2Oc2ccc3c(ccn3C(=O)O)c2)CN1CC1CC1. The fraction of sp³-hybridized carbons (Fsp3) is 0.381. The Labute approximate surface area is 162 Å². The molecule has 0 bridgehead atoms. The molecule has 1 aliphatic carbocycles. The van der Waals surface area contributed by atoms with E-state index in [2.05, 4.69) is 21.8 Å². The van der Waals surface area contributed by atoms with Crippen molar-refractivity contribution in [2.24, 2.45) is 5.92 Å². The van der Waals surface area contributed by atoms with Gasteiger partial charge in [-0.3, -0.25) is 9.47 Å². The molecule has 2 aromatic heterocycles. The number of ether oxygens (including phenoxy) is 1. The van der Waals surface area contributed by atoms with Crippen LogP contribution in [0.4, 0.5) is 4.79 Å². The fourth-order valence-electron chi connectivity index (χ4n) is 3.97. The summed E-state index contributed by atoms with van der Waals surface area (Å²) < 4.78 is 7.30. The van der Waals surface area contributed by atoms with E-state index in [1.807, 2.05) is 6.07 Å². The minimum Gasteiger partial charge on any atom is -0.464 e. The highest BCUT2D eigenvalue weighted by molar-refractivity contribution is 5.89. The van der Waals surface area contributed by atoms with Crippen LogP contribution in [-0.2, 0) is 13.0 Å². The number of rotatable bonds is 4. The molecular formula is C21H22N4O3. The summed E-state index contributed by atoms with van der Waals surface area (Å²) in [4.78, 5) is 22.7. The first-order valence-electron chi connectivity index (χ1n) is 9.67. The Balaban J connectivity index is 1.42. The highest BCUT2D eigenvalue weighted by atomic mass is 16.5. The maximum absolute atomic E-state index is 11.3. The average molecular weight is 378 g/mol. The van der Waals surface area contributed by atoms with Gasteiger partial charge in [0, 0.05) is 36.3 Å². The fourth-order valence-corrected chi connectivity index (χ4v) is 3.97. The van der Waals surface area contributed by atoms with Crippen LogP contribution in [0.2, 0.25) is 0 Å². The summed E-state index contributed by atoms with van der Waals surface area (Å²) in [6.07, 6.45) is 5.67. The van der Waals surface area contributed by atoms with Gasteiger partial charge in [-0.15, -0.1) is 0 Å². The lowest BCUT2D eigenvalue weighted by atomic mass is 9.99. The number of carbonyl (C=O) groups is 1. The third-order valence-electron chi connectivity index (χ3n) is 5.74. The van der Waals surface area contributed by atoms with Gasteiger partial charge < -0.3 is 9.84 Å². The van der Waals surface area contributed by atoms with Crippen LogP contribution in [0.15, 0.2) is 36.8 Å². The molecule has 3 heterocycles. The van der Waals surface area contributed by atoms with Gasteiger partial charge in [0.05, 0.1) is 11.2 Å². The van der Waals surface area contributed by atoms with E-state index in [4.69, 9.17) is 4.74 Å². The van der Waals surface area contributed by atoms with E-state index in [1.54, 1.807) is 30.7 Å². The van der Waals surface area contributed by atoms with Gasteiger partial charge >= 0.3 is 6.09 Å². The first kappa shape index (κ1) is 17.2. The van der Waals surface area contributed by atoms with E-state index < -0.39 is 6.09 Å². The van der Waals surface area contributed by atoms with E-state index in [9.17, 15) is 9.90 Å². The molecule has 28 heavy (non-hydrogen) atoms. The average Bonchev–Trinajstić information content (AvgIpc) is 3.38. The topological polar surface area (TPSA) is 80.5 Å². The molecule has 0 unspecified atom stereocenters. The van der Waals surface area contributed by atoms with Gasteiger partial charge in [0.25, 0.3) is 0 Å². The van der Waals surface area contributed by atoms with Gasteiger partial charge in [0.1, 0.15) is 12.1 Å². The Morgan fingerprint density at radius 2 is 2.14 bits per heavy atom. The highest BCUT2D eigenvalue weighted by Crippen LogP contribution is 2.35. The Kier molecular flexibility index (Phi) is 4.05. The third kappa shape index (κ3) is 3.11. The third-order valence-corrected chi connectivity index (χ3v) is 5.74. The highest BCUT2D eigenvalue weighted by Gasteiger charge is 2.31. The summed E-state index contributed by atoms with van der Waals surface area (Å²) >= 11 is 0. The zero-order valence-electron chi connectivity index (χ0n) is 15.7. The molecule has 7 heteroatoms. The van der Waals surface area contributed by atoms with E-state index in [1.165, 1.54) is 17.4 Å². The number of nitrogens with zero attached hydrogens (tertiary/aromatic N) is 4. The standard InChI is InChI=1S/C21H22N4O3/c1-13-8-17-18(11-24(13)10-14-2-3-14)22-12-23-20(17)28-16-4-5-19-15(9-16)6-7-25(19)21(26)27/h4-7,9,12-14H,2-3,8,10-11H2,1H3,(H,26,27)/t13-/m0/s1. The molecule has 1 aromatic carbocycles. The Morgan fingerprint density at radius 1 is 1.29 bits per heavy atom. The van der Waals surface area contributed by atoms with Crippen LogP contribution in [0.25, 0.3) is 10.9 Å². The second kappa shape index (κ2) is 6.60.